The van der Waals surface area contributed by atoms with Crippen molar-refractivity contribution in [1.29, 1.82) is 0 Å². The van der Waals surface area contributed by atoms with Crippen LogP contribution in [0.2, 0.25) is 0 Å². The average Bonchev–Trinajstić information content (AvgIpc) is 2.45. The van der Waals surface area contributed by atoms with Crippen molar-refractivity contribution in [3.05, 3.63) is 29.8 Å². The van der Waals surface area contributed by atoms with Crippen molar-refractivity contribution in [3.8, 4) is 0 Å². The molecular formula is C16H26N2O2. The Hall–Kier alpha value is -1.39. The Balaban J connectivity index is 2.52. The van der Waals surface area contributed by atoms with E-state index in [0.717, 1.165) is 30.6 Å². The van der Waals surface area contributed by atoms with E-state index >= 15 is 0 Å². The summed E-state index contributed by atoms with van der Waals surface area (Å²) in [4.78, 5) is 13.4. The fraction of sp³-hybridized carbons (Fsp3) is 0.562. The number of nitrogens with one attached hydrogen (secondary N) is 1. The molecule has 20 heavy (non-hydrogen) atoms. The van der Waals surface area contributed by atoms with Gasteiger partial charge in [0, 0.05) is 18.7 Å². The molecule has 0 aliphatic rings. The van der Waals surface area contributed by atoms with Crippen LogP contribution in [0.1, 0.15) is 44.8 Å². The van der Waals surface area contributed by atoms with Gasteiger partial charge in [-0.15, -0.1) is 0 Å². The molecule has 0 spiro atoms. The third kappa shape index (κ3) is 5.72. The van der Waals surface area contributed by atoms with Crippen LogP contribution in [0, 0.1) is 0 Å². The number of hydrogen-bond acceptors (Lipinski definition) is 3. The molecule has 1 atom stereocenters. The lowest BCUT2D eigenvalue weighted by molar-refractivity contribution is -0.115. The topological polar surface area (TPSA) is 52.6 Å². The Bertz CT molecular complexity index is 403. The molecule has 4 nitrogen and oxygen atoms in total. The van der Waals surface area contributed by atoms with E-state index in [0.29, 0.717) is 13.0 Å². The maximum Gasteiger partial charge on any atom is 0.224 e. The number of aliphatic hydroxyl groups is 1. The minimum absolute atomic E-state index is 0.00222. The molecule has 4 heteroatoms. The van der Waals surface area contributed by atoms with Crippen molar-refractivity contribution < 1.29 is 9.90 Å². The van der Waals surface area contributed by atoms with Crippen LogP contribution < -0.4 is 5.32 Å². The van der Waals surface area contributed by atoms with Crippen molar-refractivity contribution in [1.82, 2.24) is 4.90 Å². The summed E-state index contributed by atoms with van der Waals surface area (Å²) in [5.41, 5.74) is 1.65. The van der Waals surface area contributed by atoms with Crippen LogP contribution >= 0.6 is 0 Å². The van der Waals surface area contributed by atoms with Gasteiger partial charge in [0.15, 0.2) is 0 Å². The molecule has 0 bridgehead atoms. The molecule has 1 unspecified atom stereocenters. The number of benzene rings is 1. The molecule has 112 valence electrons. The van der Waals surface area contributed by atoms with Crippen LogP contribution in [0.4, 0.5) is 5.69 Å². The van der Waals surface area contributed by atoms with Gasteiger partial charge in [-0.05, 0) is 37.7 Å². The maximum absolute atomic E-state index is 11.3. The first kappa shape index (κ1) is 16.7. The van der Waals surface area contributed by atoms with Crippen molar-refractivity contribution in [3.63, 3.8) is 0 Å². The zero-order chi connectivity index (χ0) is 15.0. The number of carbonyl (C=O) groups is 1. The first-order valence-electron chi connectivity index (χ1n) is 7.33. The third-order valence-corrected chi connectivity index (χ3v) is 3.28. The number of hydrogen-bond donors (Lipinski definition) is 2. The van der Waals surface area contributed by atoms with Gasteiger partial charge in [0.2, 0.25) is 5.91 Å². The summed E-state index contributed by atoms with van der Waals surface area (Å²) in [5.74, 6) is -0.00222. The fourth-order valence-electron chi connectivity index (χ4n) is 1.96. The SMILES string of the molecule is CCCCN(C)CC(O)c1ccc(NC(=O)CC)cc1. The fourth-order valence-corrected chi connectivity index (χ4v) is 1.96. The van der Waals surface area contributed by atoms with Gasteiger partial charge in [-0.3, -0.25) is 4.79 Å². The second kappa shape index (κ2) is 8.72. The molecular weight excluding hydrogens is 252 g/mol. The monoisotopic (exact) mass is 278 g/mol. The predicted molar refractivity (Wildman–Crippen MR) is 82.7 cm³/mol. The Labute approximate surface area is 121 Å². The van der Waals surface area contributed by atoms with Crippen molar-refractivity contribution in [2.24, 2.45) is 0 Å². The number of carbonyl (C=O) groups excluding carboxylic acids is 1. The summed E-state index contributed by atoms with van der Waals surface area (Å²) in [6, 6.07) is 7.39. The lowest BCUT2D eigenvalue weighted by Crippen LogP contribution is -2.25. The Morgan fingerprint density at radius 2 is 1.95 bits per heavy atom. The van der Waals surface area contributed by atoms with E-state index in [1.807, 2.05) is 38.2 Å². The first-order valence-corrected chi connectivity index (χ1v) is 7.33. The maximum atomic E-state index is 11.3. The van der Waals surface area contributed by atoms with E-state index in [4.69, 9.17) is 0 Å². The molecule has 1 aromatic rings. The Morgan fingerprint density at radius 3 is 2.50 bits per heavy atom. The summed E-state index contributed by atoms with van der Waals surface area (Å²) < 4.78 is 0. The highest BCUT2D eigenvalue weighted by Gasteiger charge is 2.10. The van der Waals surface area contributed by atoms with E-state index in [1.165, 1.54) is 0 Å². The molecule has 0 radical (unpaired) electrons. The minimum atomic E-state index is -0.493. The van der Waals surface area contributed by atoms with Crippen molar-refractivity contribution in [2.75, 3.05) is 25.5 Å². The quantitative estimate of drug-likeness (QED) is 0.769. The second-order valence-corrected chi connectivity index (χ2v) is 5.16. The molecule has 1 rings (SSSR count). The van der Waals surface area contributed by atoms with Gasteiger partial charge in [0.1, 0.15) is 0 Å². The number of anilines is 1. The summed E-state index contributed by atoms with van der Waals surface area (Å²) in [5, 5.41) is 13.0. The molecule has 0 heterocycles. The molecule has 0 saturated carbocycles. The Kier molecular flexibility index (Phi) is 7.26. The van der Waals surface area contributed by atoms with Crippen LogP contribution in [-0.4, -0.2) is 36.1 Å². The second-order valence-electron chi connectivity index (χ2n) is 5.16. The molecule has 1 amide bonds. The molecule has 1 aromatic carbocycles. The van der Waals surface area contributed by atoms with Gasteiger partial charge < -0.3 is 15.3 Å². The lowest BCUT2D eigenvalue weighted by Gasteiger charge is -2.20. The van der Waals surface area contributed by atoms with Crippen molar-refractivity contribution >= 4 is 11.6 Å². The summed E-state index contributed by atoms with van der Waals surface area (Å²) >= 11 is 0. The van der Waals surface area contributed by atoms with Crippen LogP contribution in [0.5, 0.6) is 0 Å². The van der Waals surface area contributed by atoms with Crippen LogP contribution in [0.25, 0.3) is 0 Å². The van der Waals surface area contributed by atoms with Gasteiger partial charge in [-0.2, -0.15) is 0 Å². The molecule has 0 fully saturated rings. The zero-order valence-electron chi connectivity index (χ0n) is 12.7. The van der Waals surface area contributed by atoms with E-state index in [9.17, 15) is 9.90 Å². The molecule has 0 aliphatic heterocycles. The number of amides is 1. The summed E-state index contributed by atoms with van der Waals surface area (Å²) in [7, 11) is 2.02. The van der Waals surface area contributed by atoms with Gasteiger partial charge in [-0.25, -0.2) is 0 Å². The van der Waals surface area contributed by atoms with E-state index in [-0.39, 0.29) is 5.91 Å². The van der Waals surface area contributed by atoms with Crippen LogP contribution in [-0.2, 0) is 4.79 Å². The number of nitrogens with zero attached hydrogens (tertiary/aromatic N) is 1. The molecule has 0 aliphatic carbocycles. The van der Waals surface area contributed by atoms with Gasteiger partial charge in [0.05, 0.1) is 6.10 Å². The average molecular weight is 278 g/mol. The van der Waals surface area contributed by atoms with Gasteiger partial charge >= 0.3 is 0 Å². The van der Waals surface area contributed by atoms with Crippen LogP contribution in [0.15, 0.2) is 24.3 Å². The smallest absolute Gasteiger partial charge is 0.224 e. The minimum Gasteiger partial charge on any atom is -0.387 e. The lowest BCUT2D eigenvalue weighted by atomic mass is 10.1. The van der Waals surface area contributed by atoms with E-state index in [1.54, 1.807) is 0 Å². The highest BCUT2D eigenvalue weighted by molar-refractivity contribution is 5.90. The Morgan fingerprint density at radius 1 is 1.30 bits per heavy atom. The number of unbranched alkanes of at least 4 members (excludes halogenated alkanes) is 1. The normalized spacial score (nSPS) is 12.4. The van der Waals surface area contributed by atoms with Gasteiger partial charge in [0.25, 0.3) is 0 Å². The van der Waals surface area contributed by atoms with E-state index < -0.39 is 6.10 Å². The summed E-state index contributed by atoms with van der Waals surface area (Å²) in [6.07, 6.45) is 2.28. The highest BCUT2D eigenvalue weighted by atomic mass is 16.3. The highest BCUT2D eigenvalue weighted by Crippen LogP contribution is 2.17. The van der Waals surface area contributed by atoms with E-state index in [2.05, 4.69) is 17.1 Å². The van der Waals surface area contributed by atoms with Crippen molar-refractivity contribution in [2.45, 2.75) is 39.2 Å². The number of rotatable bonds is 8. The molecule has 0 saturated heterocycles. The van der Waals surface area contributed by atoms with Crippen LogP contribution in [0.3, 0.4) is 0 Å². The number of aliphatic hydroxyl groups excluding tert-OH is 1. The standard InChI is InChI=1S/C16H26N2O2/c1-4-6-11-18(3)12-15(19)13-7-9-14(10-8-13)17-16(20)5-2/h7-10,15,19H,4-6,11-12H2,1-3H3,(H,17,20). The third-order valence-electron chi connectivity index (χ3n) is 3.28. The molecule has 2 N–H and O–H groups in total. The zero-order valence-corrected chi connectivity index (χ0v) is 12.7. The predicted octanol–water partition coefficient (Wildman–Crippen LogP) is 2.80. The summed E-state index contributed by atoms with van der Waals surface area (Å²) in [6.45, 7) is 5.60. The first-order chi connectivity index (χ1) is 9.56. The number of likely N-dealkylation sites (N-methyl/N-ethyl adjacent to an activating group) is 1. The van der Waals surface area contributed by atoms with Gasteiger partial charge in [-0.1, -0.05) is 32.4 Å². The molecule has 0 aromatic heterocycles. The largest absolute Gasteiger partial charge is 0.387 e.